The number of furan rings is 2. The number of para-hydroxylation sites is 3. The Morgan fingerprint density at radius 3 is 1.56 bits per heavy atom. The molecule has 0 spiro atoms. The Labute approximate surface area is 325 Å². The van der Waals surface area contributed by atoms with E-state index in [1.54, 1.807) is 0 Å². The lowest BCUT2D eigenvalue weighted by Crippen LogP contribution is -2.01. The van der Waals surface area contributed by atoms with E-state index in [0.717, 1.165) is 88.4 Å². The van der Waals surface area contributed by atoms with Crippen molar-refractivity contribution in [3.05, 3.63) is 182 Å². The summed E-state index contributed by atoms with van der Waals surface area (Å²) in [6, 6.07) is 62.7. The van der Waals surface area contributed by atoms with Crippen molar-refractivity contribution in [2.24, 2.45) is 0 Å². The van der Waals surface area contributed by atoms with Crippen molar-refractivity contribution in [2.45, 2.75) is 0 Å². The highest BCUT2D eigenvalue weighted by atomic mass is 16.3. The molecule has 0 atom stereocenters. The van der Waals surface area contributed by atoms with Crippen LogP contribution in [0.4, 0.5) is 0 Å². The average molecular weight is 731 g/mol. The maximum Gasteiger partial charge on any atom is 0.164 e. The van der Waals surface area contributed by atoms with Crippen molar-refractivity contribution in [1.29, 1.82) is 0 Å². The lowest BCUT2D eigenvalue weighted by molar-refractivity contribution is 0.668. The summed E-state index contributed by atoms with van der Waals surface area (Å²) in [6.07, 6.45) is 0. The first-order valence-corrected chi connectivity index (χ1v) is 19.0. The van der Waals surface area contributed by atoms with Crippen molar-refractivity contribution < 1.29 is 8.83 Å². The van der Waals surface area contributed by atoms with Gasteiger partial charge in [0, 0.05) is 54.7 Å². The molecule has 6 heteroatoms. The minimum Gasteiger partial charge on any atom is -0.456 e. The monoisotopic (exact) mass is 730 g/mol. The SMILES string of the molecule is c1ccc(-c2cccc3oc4cc(-c5nc(-c6cccc(-n7c8ccccc8c8ccccc87)c6)nc(-c6ccc7c(c6)oc6ccccc67)n5)ccc4c23)cc1. The minimum atomic E-state index is 0.549. The summed E-state index contributed by atoms with van der Waals surface area (Å²) in [5, 5.41) is 6.67. The number of nitrogens with zero attached hydrogens (tertiary/aromatic N) is 4. The summed E-state index contributed by atoms with van der Waals surface area (Å²) in [5.74, 6) is 1.67. The zero-order valence-electron chi connectivity index (χ0n) is 30.4. The van der Waals surface area contributed by atoms with E-state index in [9.17, 15) is 0 Å². The smallest absolute Gasteiger partial charge is 0.164 e. The van der Waals surface area contributed by atoms with Gasteiger partial charge in [-0.15, -0.1) is 0 Å². The van der Waals surface area contributed by atoms with Crippen molar-refractivity contribution in [3.63, 3.8) is 0 Å². The maximum absolute atomic E-state index is 6.52. The Balaban J connectivity index is 1.05. The van der Waals surface area contributed by atoms with Gasteiger partial charge in [-0.2, -0.15) is 0 Å². The normalized spacial score (nSPS) is 11.9. The number of aromatic nitrogens is 4. The molecule has 0 N–H and O–H groups in total. The van der Waals surface area contributed by atoms with Gasteiger partial charge in [-0.05, 0) is 71.8 Å². The van der Waals surface area contributed by atoms with Crippen LogP contribution in [0.3, 0.4) is 0 Å². The van der Waals surface area contributed by atoms with E-state index >= 15 is 0 Å². The molecule has 57 heavy (non-hydrogen) atoms. The van der Waals surface area contributed by atoms with Gasteiger partial charge in [0.05, 0.1) is 11.0 Å². The van der Waals surface area contributed by atoms with Crippen molar-refractivity contribution in [1.82, 2.24) is 19.5 Å². The average Bonchev–Trinajstić information content (AvgIpc) is 3.95. The molecule has 0 unspecified atom stereocenters. The fourth-order valence-corrected chi connectivity index (χ4v) is 8.44. The quantitative estimate of drug-likeness (QED) is 0.176. The Kier molecular flexibility index (Phi) is 6.83. The summed E-state index contributed by atoms with van der Waals surface area (Å²) >= 11 is 0. The molecule has 0 fully saturated rings. The van der Waals surface area contributed by atoms with Crippen LogP contribution in [-0.2, 0) is 0 Å². The third kappa shape index (κ3) is 5.01. The first-order chi connectivity index (χ1) is 28.2. The van der Waals surface area contributed by atoms with Gasteiger partial charge in [-0.1, -0.05) is 121 Å². The van der Waals surface area contributed by atoms with Crippen molar-refractivity contribution in [2.75, 3.05) is 0 Å². The Morgan fingerprint density at radius 1 is 0.333 bits per heavy atom. The molecule has 0 amide bonds. The van der Waals surface area contributed by atoms with E-state index in [2.05, 4.69) is 138 Å². The van der Waals surface area contributed by atoms with Gasteiger partial charge >= 0.3 is 0 Å². The van der Waals surface area contributed by atoms with Crippen LogP contribution >= 0.6 is 0 Å². The van der Waals surface area contributed by atoms with Gasteiger partial charge < -0.3 is 13.4 Å². The summed E-state index contributed by atoms with van der Waals surface area (Å²) in [7, 11) is 0. The first-order valence-electron chi connectivity index (χ1n) is 19.0. The van der Waals surface area contributed by atoms with E-state index in [-0.39, 0.29) is 0 Å². The zero-order chi connectivity index (χ0) is 37.5. The van der Waals surface area contributed by atoms with E-state index in [4.69, 9.17) is 23.8 Å². The number of benzene rings is 8. The second-order valence-electron chi connectivity index (χ2n) is 14.4. The van der Waals surface area contributed by atoms with Crippen LogP contribution in [0.15, 0.2) is 191 Å². The molecule has 0 aliphatic rings. The second-order valence-corrected chi connectivity index (χ2v) is 14.4. The third-order valence-electron chi connectivity index (χ3n) is 11.1. The molecular formula is C51H30N4O2. The predicted octanol–water partition coefficient (Wildman–Crippen LogP) is 13.4. The standard InChI is InChI=1S/C51H30N4O2/c1-2-12-31(13-3-1)36-19-11-23-45-48(36)41-27-25-34(30-47(41)57-45)51-53-49(52-50(54-51)33-24-26-40-39-18-6-9-22-44(39)56-46(40)29-33)32-14-10-15-35(28-32)55-42-20-7-4-16-37(42)38-17-5-8-21-43(38)55/h1-30H. The molecule has 0 saturated carbocycles. The fourth-order valence-electron chi connectivity index (χ4n) is 8.44. The molecule has 12 rings (SSSR count). The third-order valence-corrected chi connectivity index (χ3v) is 11.1. The van der Waals surface area contributed by atoms with Crippen LogP contribution in [0.25, 0.3) is 117 Å². The van der Waals surface area contributed by atoms with Gasteiger partial charge in [0.2, 0.25) is 0 Å². The Hall–Kier alpha value is -7.83. The first kappa shape index (κ1) is 31.5. The molecule has 0 bridgehead atoms. The van der Waals surface area contributed by atoms with Gasteiger partial charge in [-0.25, -0.2) is 15.0 Å². The minimum absolute atomic E-state index is 0.549. The molecule has 12 aromatic rings. The van der Waals surface area contributed by atoms with Crippen LogP contribution < -0.4 is 0 Å². The topological polar surface area (TPSA) is 69.9 Å². The van der Waals surface area contributed by atoms with Crippen LogP contribution in [0.1, 0.15) is 0 Å². The number of fused-ring (bicyclic) bond motifs is 9. The molecule has 0 aliphatic heterocycles. The lowest BCUT2D eigenvalue weighted by atomic mass is 9.99. The zero-order valence-corrected chi connectivity index (χ0v) is 30.4. The second kappa shape index (κ2) is 12.3. The summed E-state index contributed by atoms with van der Waals surface area (Å²) in [6.45, 7) is 0. The van der Waals surface area contributed by atoms with Gasteiger partial charge in [0.1, 0.15) is 22.3 Å². The lowest BCUT2D eigenvalue weighted by Gasteiger charge is -2.11. The molecule has 4 heterocycles. The van der Waals surface area contributed by atoms with E-state index in [0.29, 0.717) is 17.5 Å². The van der Waals surface area contributed by atoms with Crippen molar-refractivity contribution >= 4 is 65.7 Å². The van der Waals surface area contributed by atoms with Crippen LogP contribution in [0.2, 0.25) is 0 Å². The Bertz CT molecular complexity index is 3490. The van der Waals surface area contributed by atoms with E-state index in [1.807, 2.05) is 48.5 Å². The molecule has 266 valence electrons. The van der Waals surface area contributed by atoms with Gasteiger partial charge in [0.25, 0.3) is 0 Å². The van der Waals surface area contributed by atoms with Crippen molar-refractivity contribution in [3.8, 4) is 51.0 Å². The summed E-state index contributed by atoms with van der Waals surface area (Å²) in [4.78, 5) is 15.5. The molecule has 0 radical (unpaired) electrons. The highest BCUT2D eigenvalue weighted by molar-refractivity contribution is 6.13. The number of hydrogen-bond donors (Lipinski definition) is 0. The van der Waals surface area contributed by atoms with Gasteiger partial charge in [-0.3, -0.25) is 0 Å². The van der Waals surface area contributed by atoms with Gasteiger partial charge in [0.15, 0.2) is 17.5 Å². The van der Waals surface area contributed by atoms with Crippen LogP contribution in [0.5, 0.6) is 0 Å². The highest BCUT2D eigenvalue weighted by Crippen LogP contribution is 2.39. The number of rotatable bonds is 5. The fraction of sp³-hybridized carbons (Fsp3) is 0. The predicted molar refractivity (Wildman–Crippen MR) is 230 cm³/mol. The molecule has 8 aromatic carbocycles. The van der Waals surface area contributed by atoms with E-state index < -0.39 is 0 Å². The molecule has 4 aromatic heterocycles. The molecular weight excluding hydrogens is 701 g/mol. The molecule has 6 nitrogen and oxygen atoms in total. The largest absolute Gasteiger partial charge is 0.456 e. The van der Waals surface area contributed by atoms with Crippen LogP contribution in [-0.4, -0.2) is 19.5 Å². The summed E-state index contributed by atoms with van der Waals surface area (Å²) in [5.41, 5.74) is 11.4. The Morgan fingerprint density at radius 2 is 0.842 bits per heavy atom. The van der Waals surface area contributed by atoms with E-state index in [1.165, 1.54) is 10.8 Å². The summed E-state index contributed by atoms with van der Waals surface area (Å²) < 4.78 is 15.1. The maximum atomic E-state index is 6.52. The van der Waals surface area contributed by atoms with Crippen LogP contribution in [0, 0.1) is 0 Å². The molecule has 0 saturated heterocycles. The number of hydrogen-bond acceptors (Lipinski definition) is 5. The molecule has 0 aliphatic carbocycles. The highest BCUT2D eigenvalue weighted by Gasteiger charge is 2.19.